The van der Waals surface area contributed by atoms with Crippen LogP contribution < -0.4 is 10.5 Å². The standard InChI is InChI=1S/C21H26F2N2O3/c1-14(25-11-3-10-21(24,19(22)23)20(26)27)4-5-15-6-7-17-13-18(28-2)9-8-16(17)12-15/h6-9,12-13,19H,3-5,10-11,24H2,1-2H3,(H,26,27). The van der Waals surface area contributed by atoms with Crippen molar-refractivity contribution < 1.29 is 23.4 Å². The summed E-state index contributed by atoms with van der Waals surface area (Å²) >= 11 is 0. The molecule has 0 aliphatic carbocycles. The first-order valence-corrected chi connectivity index (χ1v) is 9.13. The molecule has 28 heavy (non-hydrogen) atoms. The first kappa shape index (κ1) is 21.8. The van der Waals surface area contributed by atoms with E-state index < -0.39 is 17.9 Å². The maximum absolute atomic E-state index is 12.8. The van der Waals surface area contributed by atoms with Crippen molar-refractivity contribution in [3.05, 3.63) is 42.0 Å². The second kappa shape index (κ2) is 9.59. The topological polar surface area (TPSA) is 84.9 Å². The average Bonchev–Trinajstić information content (AvgIpc) is 2.68. The number of hydrogen-bond acceptors (Lipinski definition) is 4. The molecule has 1 unspecified atom stereocenters. The number of rotatable bonds is 10. The molecule has 0 radical (unpaired) electrons. The summed E-state index contributed by atoms with van der Waals surface area (Å²) in [6, 6.07) is 12.2. The van der Waals surface area contributed by atoms with Crippen molar-refractivity contribution in [1.29, 1.82) is 0 Å². The molecule has 0 aliphatic rings. The summed E-state index contributed by atoms with van der Waals surface area (Å²) < 4.78 is 30.9. The highest BCUT2D eigenvalue weighted by Gasteiger charge is 2.43. The zero-order chi connectivity index (χ0) is 20.7. The second-order valence-corrected chi connectivity index (χ2v) is 6.91. The minimum Gasteiger partial charge on any atom is -0.497 e. The van der Waals surface area contributed by atoms with Gasteiger partial charge >= 0.3 is 5.97 Å². The number of aryl methyl sites for hydroxylation is 1. The maximum Gasteiger partial charge on any atom is 0.329 e. The van der Waals surface area contributed by atoms with E-state index in [0.717, 1.165) is 35.1 Å². The van der Waals surface area contributed by atoms with Crippen LogP contribution in [0.5, 0.6) is 5.75 Å². The molecular weight excluding hydrogens is 366 g/mol. The van der Waals surface area contributed by atoms with E-state index in [1.54, 1.807) is 7.11 Å². The van der Waals surface area contributed by atoms with Crippen LogP contribution in [0, 0.1) is 0 Å². The number of carbonyl (C=O) groups is 1. The Kier molecular flexibility index (Phi) is 7.45. The number of nitrogens with zero attached hydrogens (tertiary/aromatic N) is 1. The van der Waals surface area contributed by atoms with Gasteiger partial charge < -0.3 is 15.6 Å². The summed E-state index contributed by atoms with van der Waals surface area (Å²) in [6.07, 6.45) is -1.68. The third-order valence-electron chi connectivity index (χ3n) is 4.81. The molecule has 7 heteroatoms. The van der Waals surface area contributed by atoms with Crippen LogP contribution in [0.1, 0.15) is 31.7 Å². The van der Waals surface area contributed by atoms with Crippen LogP contribution in [0.15, 0.2) is 41.4 Å². The van der Waals surface area contributed by atoms with Crippen molar-refractivity contribution in [3.8, 4) is 5.75 Å². The normalized spacial score (nSPS) is 14.3. The van der Waals surface area contributed by atoms with Crippen LogP contribution in [-0.4, -0.2) is 42.4 Å². The first-order chi connectivity index (χ1) is 13.3. The highest BCUT2D eigenvalue weighted by atomic mass is 19.3. The van der Waals surface area contributed by atoms with E-state index in [0.29, 0.717) is 0 Å². The predicted molar refractivity (Wildman–Crippen MR) is 107 cm³/mol. The van der Waals surface area contributed by atoms with Crippen molar-refractivity contribution in [1.82, 2.24) is 0 Å². The van der Waals surface area contributed by atoms with Gasteiger partial charge in [-0.05, 0) is 61.1 Å². The summed E-state index contributed by atoms with van der Waals surface area (Å²) in [4.78, 5) is 15.3. The molecule has 0 bridgehead atoms. The average molecular weight is 392 g/mol. The molecule has 3 N–H and O–H groups in total. The Morgan fingerprint density at radius 1 is 1.25 bits per heavy atom. The van der Waals surface area contributed by atoms with Gasteiger partial charge in [-0.2, -0.15) is 0 Å². The number of carboxylic acids is 1. The van der Waals surface area contributed by atoms with Gasteiger partial charge in [0.25, 0.3) is 6.43 Å². The molecule has 5 nitrogen and oxygen atoms in total. The monoisotopic (exact) mass is 392 g/mol. The van der Waals surface area contributed by atoms with Gasteiger partial charge in [0.15, 0.2) is 5.54 Å². The van der Waals surface area contributed by atoms with Gasteiger partial charge in [-0.25, -0.2) is 13.6 Å². The van der Waals surface area contributed by atoms with E-state index in [2.05, 4.69) is 23.2 Å². The van der Waals surface area contributed by atoms with Crippen molar-refractivity contribution in [3.63, 3.8) is 0 Å². The van der Waals surface area contributed by atoms with Crippen LogP contribution in [0.3, 0.4) is 0 Å². The number of nitrogens with two attached hydrogens (primary N) is 1. The van der Waals surface area contributed by atoms with Crippen LogP contribution in [0.25, 0.3) is 10.8 Å². The van der Waals surface area contributed by atoms with Gasteiger partial charge in [0, 0.05) is 12.3 Å². The van der Waals surface area contributed by atoms with Gasteiger partial charge in [0.2, 0.25) is 0 Å². The quantitative estimate of drug-likeness (QED) is 0.471. The molecule has 2 aromatic carbocycles. The van der Waals surface area contributed by atoms with Gasteiger partial charge in [-0.15, -0.1) is 0 Å². The molecule has 0 spiro atoms. The molecule has 1 atom stereocenters. The summed E-state index contributed by atoms with van der Waals surface area (Å²) in [5.74, 6) is -0.864. The zero-order valence-electron chi connectivity index (χ0n) is 16.1. The van der Waals surface area contributed by atoms with E-state index in [-0.39, 0.29) is 19.4 Å². The number of halogens is 2. The van der Waals surface area contributed by atoms with Crippen LogP contribution in [-0.2, 0) is 11.2 Å². The number of carboxylic acid groups (broad SMARTS) is 1. The van der Waals surface area contributed by atoms with Crippen molar-refractivity contribution >= 4 is 22.5 Å². The number of hydrogen-bond donors (Lipinski definition) is 2. The molecule has 0 amide bonds. The van der Waals surface area contributed by atoms with Gasteiger partial charge in [0.1, 0.15) is 5.75 Å². The lowest BCUT2D eigenvalue weighted by atomic mass is 9.95. The molecule has 0 saturated carbocycles. The highest BCUT2D eigenvalue weighted by molar-refractivity contribution is 5.85. The Balaban J connectivity index is 1.87. The van der Waals surface area contributed by atoms with E-state index in [1.165, 1.54) is 5.56 Å². The molecule has 0 aliphatic heterocycles. The molecular formula is C21H26F2N2O3. The lowest BCUT2D eigenvalue weighted by molar-refractivity contribution is -0.150. The molecule has 0 aromatic heterocycles. The number of aliphatic imine (C=N–C) groups is 1. The Morgan fingerprint density at radius 3 is 2.57 bits per heavy atom. The Hall–Kier alpha value is -2.54. The number of benzene rings is 2. The minimum atomic E-state index is -3.11. The summed E-state index contributed by atoms with van der Waals surface area (Å²) in [7, 11) is 1.64. The third-order valence-corrected chi connectivity index (χ3v) is 4.81. The van der Waals surface area contributed by atoms with Crippen molar-refractivity contribution in [2.75, 3.05) is 13.7 Å². The molecule has 152 valence electrons. The number of ether oxygens (including phenoxy) is 1. The Bertz CT molecular complexity index is 855. The lowest BCUT2D eigenvalue weighted by Gasteiger charge is -2.23. The predicted octanol–water partition coefficient (Wildman–Crippen LogP) is 4.07. The fraction of sp³-hybridized carbons (Fsp3) is 0.429. The maximum atomic E-state index is 12.8. The fourth-order valence-electron chi connectivity index (χ4n) is 2.91. The SMILES string of the molecule is COc1ccc2cc(CCC(C)=NCCCC(N)(C(=O)O)C(F)F)ccc2c1. The Morgan fingerprint density at radius 2 is 1.93 bits per heavy atom. The highest BCUT2D eigenvalue weighted by Crippen LogP contribution is 2.22. The minimum absolute atomic E-state index is 0.197. The van der Waals surface area contributed by atoms with E-state index in [9.17, 15) is 13.6 Å². The number of alkyl halides is 2. The van der Waals surface area contributed by atoms with E-state index in [1.807, 2.05) is 25.1 Å². The van der Waals surface area contributed by atoms with E-state index in [4.69, 9.17) is 15.6 Å². The number of methoxy groups -OCH3 is 1. The third kappa shape index (κ3) is 5.48. The molecule has 2 aromatic rings. The largest absolute Gasteiger partial charge is 0.497 e. The first-order valence-electron chi connectivity index (χ1n) is 9.13. The van der Waals surface area contributed by atoms with Crippen LogP contribution in [0.2, 0.25) is 0 Å². The summed E-state index contributed by atoms with van der Waals surface area (Å²) in [6.45, 7) is 2.16. The van der Waals surface area contributed by atoms with Crippen LogP contribution in [0.4, 0.5) is 8.78 Å². The van der Waals surface area contributed by atoms with E-state index >= 15 is 0 Å². The molecule has 0 heterocycles. The lowest BCUT2D eigenvalue weighted by Crippen LogP contribution is -2.54. The van der Waals surface area contributed by atoms with Crippen LogP contribution >= 0.6 is 0 Å². The number of fused-ring (bicyclic) bond motifs is 1. The van der Waals surface area contributed by atoms with Gasteiger partial charge in [-0.1, -0.05) is 24.3 Å². The molecule has 0 saturated heterocycles. The number of aliphatic carboxylic acids is 1. The zero-order valence-corrected chi connectivity index (χ0v) is 16.1. The smallest absolute Gasteiger partial charge is 0.329 e. The van der Waals surface area contributed by atoms with Gasteiger partial charge in [-0.3, -0.25) is 4.99 Å². The van der Waals surface area contributed by atoms with Gasteiger partial charge in [0.05, 0.1) is 7.11 Å². The second-order valence-electron chi connectivity index (χ2n) is 6.91. The molecule has 2 rings (SSSR count). The van der Waals surface area contributed by atoms with Crippen molar-refractivity contribution in [2.24, 2.45) is 10.7 Å². The molecule has 0 fully saturated rings. The fourth-order valence-corrected chi connectivity index (χ4v) is 2.91. The van der Waals surface area contributed by atoms with Crippen molar-refractivity contribution in [2.45, 2.75) is 44.6 Å². The Labute approximate surface area is 163 Å². The summed E-state index contributed by atoms with van der Waals surface area (Å²) in [5, 5.41) is 11.1. The summed E-state index contributed by atoms with van der Waals surface area (Å²) in [5.41, 5.74) is 4.86.